The van der Waals surface area contributed by atoms with Gasteiger partial charge in [-0.2, -0.15) is 5.10 Å². The molecule has 7 nitrogen and oxygen atoms in total. The minimum Gasteiger partial charge on any atom is -0.336 e. The maximum Gasteiger partial charge on any atom is 0.253 e. The first-order valence-electron chi connectivity index (χ1n) is 11.1. The van der Waals surface area contributed by atoms with E-state index < -0.39 is 0 Å². The van der Waals surface area contributed by atoms with E-state index in [1.165, 1.54) is 19.1 Å². The number of carbonyl (C=O) groups is 2. The van der Waals surface area contributed by atoms with Crippen LogP contribution in [-0.4, -0.2) is 64.1 Å². The Morgan fingerprint density at radius 3 is 2.21 bits per heavy atom. The zero-order valence-corrected chi connectivity index (χ0v) is 19.1. The predicted molar refractivity (Wildman–Crippen MR) is 126 cm³/mol. The number of nitrogens with one attached hydrogen (secondary N) is 1. The van der Waals surface area contributed by atoms with Gasteiger partial charge in [-0.05, 0) is 55.4 Å². The first kappa shape index (κ1) is 22.7. The van der Waals surface area contributed by atoms with Gasteiger partial charge in [0.1, 0.15) is 11.6 Å². The zero-order valence-electron chi connectivity index (χ0n) is 19.1. The van der Waals surface area contributed by atoms with Crippen molar-refractivity contribution in [3.05, 3.63) is 65.6 Å². The molecular weight excluding hydrogens is 421 g/mol. The first-order chi connectivity index (χ1) is 15.9. The van der Waals surface area contributed by atoms with Crippen LogP contribution in [0.4, 0.5) is 10.2 Å². The molecule has 0 aliphatic carbocycles. The van der Waals surface area contributed by atoms with Crippen molar-refractivity contribution in [2.75, 3.05) is 38.0 Å². The van der Waals surface area contributed by atoms with Crippen molar-refractivity contribution >= 4 is 17.6 Å². The Morgan fingerprint density at radius 2 is 1.64 bits per heavy atom. The molecule has 8 heteroatoms. The fourth-order valence-electron chi connectivity index (χ4n) is 4.15. The third kappa shape index (κ3) is 4.80. The molecule has 1 N–H and O–H groups in total. The van der Waals surface area contributed by atoms with E-state index in [2.05, 4.69) is 22.2 Å². The van der Waals surface area contributed by atoms with E-state index in [0.717, 1.165) is 43.9 Å². The quantitative estimate of drug-likeness (QED) is 0.645. The van der Waals surface area contributed by atoms with Crippen molar-refractivity contribution in [2.45, 2.75) is 20.8 Å². The molecule has 1 saturated heterocycles. The summed E-state index contributed by atoms with van der Waals surface area (Å²) in [5, 5.41) is 7.48. The second kappa shape index (κ2) is 9.54. The van der Waals surface area contributed by atoms with Gasteiger partial charge in [0.15, 0.2) is 0 Å². The number of aryl methyl sites for hydroxylation is 1. The van der Waals surface area contributed by atoms with Crippen LogP contribution < -0.4 is 5.32 Å². The van der Waals surface area contributed by atoms with Crippen molar-refractivity contribution in [2.24, 2.45) is 0 Å². The van der Waals surface area contributed by atoms with Gasteiger partial charge in [-0.25, -0.2) is 9.07 Å². The Hall–Kier alpha value is -3.52. The molecule has 2 amide bonds. The second-order valence-corrected chi connectivity index (χ2v) is 8.18. The highest BCUT2D eigenvalue weighted by atomic mass is 19.1. The van der Waals surface area contributed by atoms with Crippen molar-refractivity contribution in [1.29, 1.82) is 0 Å². The highest BCUT2D eigenvalue weighted by Gasteiger charge is 2.22. The number of amides is 2. The largest absolute Gasteiger partial charge is 0.336 e. The average molecular weight is 450 g/mol. The molecule has 1 fully saturated rings. The predicted octanol–water partition coefficient (Wildman–Crippen LogP) is 3.72. The molecule has 2 heterocycles. The molecule has 1 aliphatic rings. The first-order valence-corrected chi connectivity index (χ1v) is 11.1. The Balaban J connectivity index is 1.63. The summed E-state index contributed by atoms with van der Waals surface area (Å²) in [7, 11) is 0. The minimum absolute atomic E-state index is 0.0167. The minimum atomic E-state index is -0.332. The van der Waals surface area contributed by atoms with E-state index in [1.807, 2.05) is 24.0 Å². The summed E-state index contributed by atoms with van der Waals surface area (Å²) >= 11 is 0. The van der Waals surface area contributed by atoms with Gasteiger partial charge in [0.25, 0.3) is 5.91 Å². The molecule has 33 heavy (non-hydrogen) atoms. The van der Waals surface area contributed by atoms with Gasteiger partial charge in [-0.3, -0.25) is 9.59 Å². The van der Waals surface area contributed by atoms with E-state index in [0.29, 0.717) is 22.8 Å². The number of halogens is 1. The van der Waals surface area contributed by atoms with Crippen molar-refractivity contribution < 1.29 is 14.0 Å². The normalized spacial score (nSPS) is 14.4. The molecule has 0 radical (unpaired) electrons. The van der Waals surface area contributed by atoms with Gasteiger partial charge in [0.2, 0.25) is 5.91 Å². The van der Waals surface area contributed by atoms with E-state index in [-0.39, 0.29) is 17.6 Å². The molecule has 0 bridgehead atoms. The topological polar surface area (TPSA) is 70.5 Å². The van der Waals surface area contributed by atoms with Crippen LogP contribution in [0.2, 0.25) is 0 Å². The van der Waals surface area contributed by atoms with Gasteiger partial charge >= 0.3 is 0 Å². The third-order valence-electron chi connectivity index (χ3n) is 5.95. The van der Waals surface area contributed by atoms with Gasteiger partial charge in [-0.1, -0.05) is 19.1 Å². The molecule has 0 unspecified atom stereocenters. The Bertz CT molecular complexity index is 1150. The number of aromatic nitrogens is 2. The van der Waals surface area contributed by atoms with E-state index >= 15 is 0 Å². The molecule has 0 saturated carbocycles. The average Bonchev–Trinajstić information content (AvgIpc) is 3.14. The third-order valence-corrected chi connectivity index (χ3v) is 5.95. The summed E-state index contributed by atoms with van der Waals surface area (Å²) in [5.74, 6) is -0.0526. The second-order valence-electron chi connectivity index (χ2n) is 8.18. The van der Waals surface area contributed by atoms with E-state index in [9.17, 15) is 14.0 Å². The summed E-state index contributed by atoms with van der Waals surface area (Å²) in [5.41, 5.74) is 3.50. The summed E-state index contributed by atoms with van der Waals surface area (Å²) < 4.78 is 15.1. The zero-order chi connectivity index (χ0) is 23.5. The van der Waals surface area contributed by atoms with E-state index in [1.54, 1.807) is 28.9 Å². The Morgan fingerprint density at radius 1 is 1.00 bits per heavy atom. The molecule has 0 spiro atoms. The van der Waals surface area contributed by atoms with Gasteiger partial charge in [-0.15, -0.1) is 0 Å². The van der Waals surface area contributed by atoms with Crippen LogP contribution in [0.25, 0.3) is 16.8 Å². The lowest BCUT2D eigenvalue weighted by Gasteiger charge is -2.34. The summed E-state index contributed by atoms with van der Waals surface area (Å²) in [6, 6.07) is 13.3. The summed E-state index contributed by atoms with van der Waals surface area (Å²) in [4.78, 5) is 29.1. The Labute approximate surface area is 192 Å². The van der Waals surface area contributed by atoms with Crippen LogP contribution in [-0.2, 0) is 4.79 Å². The van der Waals surface area contributed by atoms with Crippen LogP contribution in [0, 0.1) is 12.7 Å². The number of hydrogen-bond donors (Lipinski definition) is 1. The number of carbonyl (C=O) groups excluding carboxylic acids is 2. The van der Waals surface area contributed by atoms with Crippen molar-refractivity contribution in [1.82, 2.24) is 19.6 Å². The highest BCUT2D eigenvalue weighted by molar-refractivity contribution is 5.95. The fraction of sp³-hybridized carbons (Fsp3) is 0.320. The van der Waals surface area contributed by atoms with Crippen LogP contribution in [0.15, 0.2) is 48.5 Å². The van der Waals surface area contributed by atoms with E-state index in [4.69, 9.17) is 0 Å². The van der Waals surface area contributed by atoms with Gasteiger partial charge in [0, 0.05) is 44.2 Å². The summed E-state index contributed by atoms with van der Waals surface area (Å²) in [6.07, 6.45) is 0. The fourth-order valence-corrected chi connectivity index (χ4v) is 4.15. The standard InChI is InChI=1S/C25H28FN5O2/c1-4-29-13-15-30(16-14-29)25(33)20-7-11-22(12-8-20)31-24(27-18(3)32)23(17(2)28-31)19-5-9-21(26)10-6-19/h5-12H,4,13-16H2,1-3H3,(H,27,32). The smallest absolute Gasteiger partial charge is 0.253 e. The number of likely N-dealkylation sites (N-methyl/N-ethyl adjacent to an activating group) is 1. The highest BCUT2D eigenvalue weighted by Crippen LogP contribution is 2.33. The van der Waals surface area contributed by atoms with Crippen LogP contribution in [0.5, 0.6) is 0 Å². The van der Waals surface area contributed by atoms with Crippen LogP contribution in [0.1, 0.15) is 29.9 Å². The monoisotopic (exact) mass is 449 g/mol. The SMILES string of the molecule is CCN1CCN(C(=O)c2ccc(-n3nc(C)c(-c4ccc(F)cc4)c3NC(C)=O)cc2)CC1. The number of benzene rings is 2. The lowest BCUT2D eigenvalue weighted by atomic mass is 10.1. The lowest BCUT2D eigenvalue weighted by molar-refractivity contribution is -0.114. The van der Waals surface area contributed by atoms with Crippen LogP contribution in [0.3, 0.4) is 0 Å². The Kier molecular flexibility index (Phi) is 6.55. The molecule has 4 rings (SSSR count). The molecule has 1 aromatic heterocycles. The molecule has 172 valence electrons. The number of hydrogen-bond acceptors (Lipinski definition) is 4. The number of rotatable bonds is 5. The molecule has 0 atom stereocenters. The maximum absolute atomic E-state index is 13.4. The number of anilines is 1. The maximum atomic E-state index is 13.4. The molecule has 1 aliphatic heterocycles. The van der Waals surface area contributed by atoms with Crippen molar-refractivity contribution in [3.8, 4) is 16.8 Å². The lowest BCUT2D eigenvalue weighted by Crippen LogP contribution is -2.48. The number of piperazine rings is 1. The van der Waals surface area contributed by atoms with Crippen molar-refractivity contribution in [3.63, 3.8) is 0 Å². The van der Waals surface area contributed by atoms with Gasteiger partial charge < -0.3 is 15.1 Å². The van der Waals surface area contributed by atoms with Crippen LogP contribution >= 0.6 is 0 Å². The number of nitrogens with zero attached hydrogens (tertiary/aromatic N) is 4. The summed E-state index contributed by atoms with van der Waals surface area (Å²) in [6.45, 7) is 9.62. The van der Waals surface area contributed by atoms with Gasteiger partial charge in [0.05, 0.1) is 11.4 Å². The molecule has 3 aromatic rings. The molecular formula is C25H28FN5O2. The molecule has 2 aromatic carbocycles.